The zero-order valence-corrected chi connectivity index (χ0v) is 12.3. The number of amides is 1. The SMILES string of the molecule is CCOc1cccc(OCC)c1C(=O)NC1CCCC1. The lowest BCUT2D eigenvalue weighted by Gasteiger charge is -2.17. The van der Waals surface area contributed by atoms with Crippen LogP contribution in [-0.4, -0.2) is 25.2 Å². The first-order valence-corrected chi connectivity index (χ1v) is 7.45. The Hall–Kier alpha value is -1.71. The van der Waals surface area contributed by atoms with Crippen LogP contribution in [0.4, 0.5) is 0 Å². The van der Waals surface area contributed by atoms with E-state index in [2.05, 4.69) is 5.32 Å². The number of rotatable bonds is 6. The van der Waals surface area contributed by atoms with Gasteiger partial charge in [-0.05, 0) is 38.8 Å². The van der Waals surface area contributed by atoms with E-state index < -0.39 is 0 Å². The molecule has 0 aliphatic heterocycles. The lowest BCUT2D eigenvalue weighted by atomic mass is 10.1. The van der Waals surface area contributed by atoms with Crippen molar-refractivity contribution < 1.29 is 14.3 Å². The lowest BCUT2D eigenvalue weighted by molar-refractivity contribution is 0.0930. The van der Waals surface area contributed by atoms with E-state index in [1.807, 2.05) is 32.0 Å². The predicted molar refractivity (Wildman–Crippen MR) is 78.5 cm³/mol. The fourth-order valence-corrected chi connectivity index (χ4v) is 2.61. The molecule has 0 unspecified atom stereocenters. The van der Waals surface area contributed by atoms with Crippen LogP contribution in [-0.2, 0) is 0 Å². The molecule has 4 nitrogen and oxygen atoms in total. The maximum absolute atomic E-state index is 12.5. The Labute approximate surface area is 120 Å². The van der Waals surface area contributed by atoms with Crippen molar-refractivity contribution in [2.45, 2.75) is 45.6 Å². The van der Waals surface area contributed by atoms with Crippen molar-refractivity contribution in [2.24, 2.45) is 0 Å². The van der Waals surface area contributed by atoms with Gasteiger partial charge < -0.3 is 14.8 Å². The maximum atomic E-state index is 12.5. The molecule has 0 bridgehead atoms. The smallest absolute Gasteiger partial charge is 0.259 e. The summed E-state index contributed by atoms with van der Waals surface area (Å²) < 4.78 is 11.1. The summed E-state index contributed by atoms with van der Waals surface area (Å²) in [6, 6.07) is 5.76. The second-order valence-corrected chi connectivity index (χ2v) is 4.95. The molecule has 1 N–H and O–H groups in total. The van der Waals surface area contributed by atoms with Gasteiger partial charge >= 0.3 is 0 Å². The highest BCUT2D eigenvalue weighted by Crippen LogP contribution is 2.29. The minimum absolute atomic E-state index is 0.0931. The van der Waals surface area contributed by atoms with Crippen LogP contribution in [0.15, 0.2) is 18.2 Å². The molecule has 0 atom stereocenters. The molecule has 1 aliphatic rings. The summed E-state index contributed by atoms with van der Waals surface area (Å²) in [6.45, 7) is 4.87. The summed E-state index contributed by atoms with van der Waals surface area (Å²) in [5, 5.41) is 3.09. The van der Waals surface area contributed by atoms with E-state index in [0.717, 1.165) is 12.8 Å². The topological polar surface area (TPSA) is 47.6 Å². The third kappa shape index (κ3) is 3.44. The van der Waals surface area contributed by atoms with Gasteiger partial charge in [-0.2, -0.15) is 0 Å². The maximum Gasteiger partial charge on any atom is 0.259 e. The second kappa shape index (κ2) is 7.17. The van der Waals surface area contributed by atoms with Crippen LogP contribution in [0.5, 0.6) is 11.5 Å². The molecule has 0 heterocycles. The molecule has 1 fully saturated rings. The van der Waals surface area contributed by atoms with Crippen molar-refractivity contribution in [2.75, 3.05) is 13.2 Å². The van der Waals surface area contributed by atoms with E-state index in [9.17, 15) is 4.79 Å². The van der Waals surface area contributed by atoms with Crippen LogP contribution in [0, 0.1) is 0 Å². The third-order valence-corrected chi connectivity index (χ3v) is 3.51. The minimum Gasteiger partial charge on any atom is -0.493 e. The summed E-state index contributed by atoms with van der Waals surface area (Å²) in [4.78, 5) is 12.5. The highest BCUT2D eigenvalue weighted by molar-refractivity contribution is 5.99. The fourth-order valence-electron chi connectivity index (χ4n) is 2.61. The van der Waals surface area contributed by atoms with Gasteiger partial charge in [0, 0.05) is 6.04 Å². The number of hydrogen-bond acceptors (Lipinski definition) is 3. The number of hydrogen-bond donors (Lipinski definition) is 1. The van der Waals surface area contributed by atoms with Gasteiger partial charge in [-0.25, -0.2) is 0 Å². The van der Waals surface area contributed by atoms with Crippen LogP contribution < -0.4 is 14.8 Å². The molecular formula is C16H23NO3. The number of nitrogens with one attached hydrogen (secondary N) is 1. The Morgan fingerprint density at radius 3 is 2.20 bits per heavy atom. The van der Waals surface area contributed by atoms with Gasteiger partial charge in [-0.3, -0.25) is 4.79 Å². The van der Waals surface area contributed by atoms with Gasteiger partial charge in [0.05, 0.1) is 13.2 Å². The first-order chi connectivity index (χ1) is 9.76. The molecule has 1 aliphatic carbocycles. The minimum atomic E-state index is -0.0931. The molecule has 1 aromatic rings. The Kier molecular flexibility index (Phi) is 5.27. The van der Waals surface area contributed by atoms with Crippen molar-refractivity contribution in [1.29, 1.82) is 0 Å². The predicted octanol–water partition coefficient (Wildman–Crippen LogP) is 3.16. The Morgan fingerprint density at radius 2 is 1.70 bits per heavy atom. The summed E-state index contributed by atoms with van der Waals surface area (Å²) in [5.41, 5.74) is 0.517. The van der Waals surface area contributed by atoms with Gasteiger partial charge in [0.15, 0.2) is 0 Å². The van der Waals surface area contributed by atoms with Gasteiger partial charge in [-0.15, -0.1) is 0 Å². The standard InChI is InChI=1S/C16H23NO3/c1-3-19-13-10-7-11-14(20-4-2)15(13)16(18)17-12-8-5-6-9-12/h7,10-12H,3-6,8-9H2,1-2H3,(H,17,18). The average molecular weight is 277 g/mol. The van der Waals surface area contributed by atoms with Gasteiger partial charge in [0.25, 0.3) is 5.91 Å². The largest absolute Gasteiger partial charge is 0.493 e. The second-order valence-electron chi connectivity index (χ2n) is 4.95. The molecule has 110 valence electrons. The Bertz CT molecular complexity index is 429. The molecule has 2 rings (SSSR count). The molecule has 20 heavy (non-hydrogen) atoms. The van der Waals surface area contributed by atoms with Crippen molar-refractivity contribution in [3.63, 3.8) is 0 Å². The summed E-state index contributed by atoms with van der Waals surface area (Å²) in [7, 11) is 0. The molecular weight excluding hydrogens is 254 g/mol. The van der Waals surface area contributed by atoms with Crippen molar-refractivity contribution in [3.05, 3.63) is 23.8 Å². The molecule has 1 amide bonds. The molecule has 0 saturated heterocycles. The molecule has 1 saturated carbocycles. The number of carbonyl (C=O) groups is 1. The zero-order chi connectivity index (χ0) is 14.4. The first kappa shape index (κ1) is 14.7. The Morgan fingerprint density at radius 1 is 1.15 bits per heavy atom. The number of ether oxygens (including phenoxy) is 2. The monoisotopic (exact) mass is 277 g/mol. The highest BCUT2D eigenvalue weighted by atomic mass is 16.5. The van der Waals surface area contributed by atoms with Crippen molar-refractivity contribution in [1.82, 2.24) is 5.32 Å². The fraction of sp³-hybridized carbons (Fsp3) is 0.562. The van der Waals surface area contributed by atoms with Crippen LogP contribution in [0.3, 0.4) is 0 Å². The van der Waals surface area contributed by atoms with E-state index in [0.29, 0.717) is 30.3 Å². The number of carbonyl (C=O) groups excluding carboxylic acids is 1. The van der Waals surface area contributed by atoms with Crippen LogP contribution in [0.25, 0.3) is 0 Å². The van der Waals surface area contributed by atoms with E-state index in [1.54, 1.807) is 0 Å². The van der Waals surface area contributed by atoms with Gasteiger partial charge in [0.2, 0.25) is 0 Å². The highest BCUT2D eigenvalue weighted by Gasteiger charge is 2.23. The molecule has 4 heteroatoms. The quantitative estimate of drug-likeness (QED) is 0.869. The Balaban J connectivity index is 2.22. The van der Waals surface area contributed by atoms with Crippen LogP contribution in [0.1, 0.15) is 49.9 Å². The molecule has 0 radical (unpaired) electrons. The van der Waals surface area contributed by atoms with E-state index in [4.69, 9.17) is 9.47 Å². The molecule has 1 aromatic carbocycles. The van der Waals surface area contributed by atoms with E-state index >= 15 is 0 Å². The van der Waals surface area contributed by atoms with Gasteiger partial charge in [0.1, 0.15) is 17.1 Å². The van der Waals surface area contributed by atoms with E-state index in [1.165, 1.54) is 12.8 Å². The normalized spacial score (nSPS) is 15.1. The summed E-state index contributed by atoms with van der Waals surface area (Å²) in [6.07, 6.45) is 4.51. The molecule has 0 aromatic heterocycles. The number of benzene rings is 1. The first-order valence-electron chi connectivity index (χ1n) is 7.45. The summed E-state index contributed by atoms with van der Waals surface area (Å²) >= 11 is 0. The lowest BCUT2D eigenvalue weighted by Crippen LogP contribution is -2.33. The molecule has 0 spiro atoms. The van der Waals surface area contributed by atoms with Crippen LogP contribution in [0.2, 0.25) is 0 Å². The van der Waals surface area contributed by atoms with E-state index in [-0.39, 0.29) is 11.9 Å². The van der Waals surface area contributed by atoms with Crippen LogP contribution >= 0.6 is 0 Å². The van der Waals surface area contributed by atoms with Crippen molar-refractivity contribution in [3.8, 4) is 11.5 Å². The van der Waals surface area contributed by atoms with Gasteiger partial charge in [-0.1, -0.05) is 18.9 Å². The average Bonchev–Trinajstić information content (AvgIpc) is 2.92. The zero-order valence-electron chi connectivity index (χ0n) is 12.3. The van der Waals surface area contributed by atoms with Crippen molar-refractivity contribution >= 4 is 5.91 Å². The third-order valence-electron chi connectivity index (χ3n) is 3.51. The summed E-state index contributed by atoms with van der Waals surface area (Å²) in [5.74, 6) is 1.09.